The van der Waals surface area contributed by atoms with Gasteiger partial charge in [-0.3, -0.25) is 4.68 Å². The van der Waals surface area contributed by atoms with E-state index in [2.05, 4.69) is 10.4 Å². The standard InChI is InChI=1S/C13H15ClN4O2/c1-7-11(6-18(2)17-7)16-12-9(13(19)20-3)4-8(15)5-10(12)14/h4-6,16H,15H2,1-3H3. The number of hydrogen-bond donors (Lipinski definition) is 2. The second kappa shape index (κ2) is 5.42. The Balaban J connectivity index is 2.50. The van der Waals surface area contributed by atoms with E-state index < -0.39 is 5.97 Å². The van der Waals surface area contributed by atoms with Crippen LogP contribution in [0.25, 0.3) is 0 Å². The zero-order chi connectivity index (χ0) is 14.9. The number of nitrogens with one attached hydrogen (secondary N) is 1. The lowest BCUT2D eigenvalue weighted by Gasteiger charge is -2.13. The number of carbonyl (C=O) groups excluding carboxylic acids is 1. The van der Waals surface area contributed by atoms with Gasteiger partial charge < -0.3 is 15.8 Å². The third kappa shape index (κ3) is 2.70. The molecule has 1 aromatic heterocycles. The highest BCUT2D eigenvalue weighted by Gasteiger charge is 2.17. The zero-order valence-corrected chi connectivity index (χ0v) is 12.2. The summed E-state index contributed by atoms with van der Waals surface area (Å²) in [4.78, 5) is 11.8. The molecule has 2 aromatic rings. The Morgan fingerprint density at radius 2 is 2.20 bits per heavy atom. The van der Waals surface area contributed by atoms with E-state index >= 15 is 0 Å². The normalized spacial score (nSPS) is 10.4. The molecule has 3 N–H and O–H groups in total. The topological polar surface area (TPSA) is 82.2 Å². The molecular formula is C13H15ClN4O2. The van der Waals surface area contributed by atoms with Gasteiger partial charge in [-0.1, -0.05) is 11.6 Å². The molecular weight excluding hydrogens is 280 g/mol. The molecule has 0 radical (unpaired) electrons. The van der Waals surface area contributed by atoms with Crippen molar-refractivity contribution in [3.8, 4) is 0 Å². The lowest BCUT2D eigenvalue weighted by Crippen LogP contribution is -2.07. The zero-order valence-electron chi connectivity index (χ0n) is 11.4. The first-order valence-electron chi connectivity index (χ1n) is 5.87. The minimum Gasteiger partial charge on any atom is -0.465 e. The van der Waals surface area contributed by atoms with E-state index in [0.717, 1.165) is 11.4 Å². The number of hydrogen-bond acceptors (Lipinski definition) is 5. The van der Waals surface area contributed by atoms with E-state index in [-0.39, 0.29) is 5.56 Å². The number of nitrogens with zero attached hydrogens (tertiary/aromatic N) is 2. The summed E-state index contributed by atoms with van der Waals surface area (Å²) in [5, 5.41) is 7.66. The van der Waals surface area contributed by atoms with Gasteiger partial charge in [-0.25, -0.2) is 4.79 Å². The summed E-state index contributed by atoms with van der Waals surface area (Å²) in [6.07, 6.45) is 1.79. The van der Waals surface area contributed by atoms with Crippen LogP contribution in [0, 0.1) is 6.92 Å². The fourth-order valence-electron chi connectivity index (χ4n) is 1.88. The Morgan fingerprint density at radius 3 is 2.75 bits per heavy atom. The predicted molar refractivity (Wildman–Crippen MR) is 78.4 cm³/mol. The molecule has 0 aliphatic carbocycles. The molecule has 2 rings (SSSR count). The molecule has 0 unspecified atom stereocenters. The number of esters is 1. The van der Waals surface area contributed by atoms with Crippen molar-refractivity contribution in [3.05, 3.63) is 34.6 Å². The predicted octanol–water partition coefficient (Wildman–Crippen LogP) is 2.49. The van der Waals surface area contributed by atoms with Crippen molar-refractivity contribution < 1.29 is 9.53 Å². The highest BCUT2D eigenvalue weighted by molar-refractivity contribution is 6.34. The van der Waals surface area contributed by atoms with Crippen molar-refractivity contribution in [1.29, 1.82) is 0 Å². The fraction of sp³-hybridized carbons (Fsp3) is 0.231. The van der Waals surface area contributed by atoms with Crippen LogP contribution in [-0.4, -0.2) is 22.9 Å². The van der Waals surface area contributed by atoms with Crippen molar-refractivity contribution in [3.63, 3.8) is 0 Å². The van der Waals surface area contributed by atoms with Crippen LogP contribution < -0.4 is 11.1 Å². The minimum absolute atomic E-state index is 0.278. The SMILES string of the molecule is COC(=O)c1cc(N)cc(Cl)c1Nc1cn(C)nc1C. The monoisotopic (exact) mass is 294 g/mol. The summed E-state index contributed by atoms with van der Waals surface area (Å²) in [5.41, 5.74) is 8.37. The third-order valence-corrected chi connectivity index (χ3v) is 3.09. The lowest BCUT2D eigenvalue weighted by atomic mass is 10.1. The van der Waals surface area contributed by atoms with Crippen LogP contribution in [0.15, 0.2) is 18.3 Å². The molecule has 1 heterocycles. The van der Waals surface area contributed by atoms with E-state index in [1.54, 1.807) is 16.9 Å². The number of aromatic nitrogens is 2. The number of nitrogen functional groups attached to an aromatic ring is 1. The second-order valence-electron chi connectivity index (χ2n) is 4.34. The number of rotatable bonds is 3. The molecule has 0 fully saturated rings. The van der Waals surface area contributed by atoms with Gasteiger partial charge in [-0.15, -0.1) is 0 Å². The van der Waals surface area contributed by atoms with Crippen molar-refractivity contribution in [2.24, 2.45) is 7.05 Å². The van der Waals surface area contributed by atoms with Gasteiger partial charge in [0, 0.05) is 18.9 Å². The molecule has 0 aliphatic rings. The maximum atomic E-state index is 11.8. The van der Waals surface area contributed by atoms with Gasteiger partial charge >= 0.3 is 5.97 Å². The highest BCUT2D eigenvalue weighted by Crippen LogP contribution is 2.33. The first kappa shape index (κ1) is 14.2. The number of anilines is 3. The molecule has 1 aromatic carbocycles. The van der Waals surface area contributed by atoms with Gasteiger partial charge in [0.1, 0.15) is 0 Å². The van der Waals surface area contributed by atoms with Crippen molar-refractivity contribution in [1.82, 2.24) is 9.78 Å². The maximum Gasteiger partial charge on any atom is 0.340 e. The number of aryl methyl sites for hydroxylation is 2. The molecule has 0 saturated carbocycles. The maximum absolute atomic E-state index is 11.8. The first-order chi connectivity index (χ1) is 9.42. The fourth-order valence-corrected chi connectivity index (χ4v) is 2.16. The number of carbonyl (C=O) groups is 1. The Hall–Kier alpha value is -2.21. The molecule has 0 bridgehead atoms. The first-order valence-corrected chi connectivity index (χ1v) is 6.24. The molecule has 0 saturated heterocycles. The van der Waals surface area contributed by atoms with Gasteiger partial charge in [0.25, 0.3) is 0 Å². The summed E-state index contributed by atoms with van der Waals surface area (Å²) < 4.78 is 6.41. The van der Waals surface area contributed by atoms with Crippen LogP contribution in [0.4, 0.5) is 17.1 Å². The largest absolute Gasteiger partial charge is 0.465 e. The Bertz CT molecular complexity index is 667. The van der Waals surface area contributed by atoms with Crippen LogP contribution in [-0.2, 0) is 11.8 Å². The summed E-state index contributed by atoms with van der Waals surface area (Å²) in [5.74, 6) is -0.511. The molecule has 0 aliphatic heterocycles. The molecule has 0 spiro atoms. The van der Waals surface area contributed by atoms with Crippen LogP contribution >= 0.6 is 11.6 Å². The van der Waals surface area contributed by atoms with E-state index in [0.29, 0.717) is 16.4 Å². The Labute approximate surface area is 121 Å². The second-order valence-corrected chi connectivity index (χ2v) is 4.75. The van der Waals surface area contributed by atoms with Crippen LogP contribution in [0.2, 0.25) is 5.02 Å². The average Bonchev–Trinajstić information content (AvgIpc) is 2.69. The Morgan fingerprint density at radius 1 is 1.50 bits per heavy atom. The van der Waals surface area contributed by atoms with Gasteiger partial charge in [-0.2, -0.15) is 5.10 Å². The number of benzene rings is 1. The average molecular weight is 295 g/mol. The lowest BCUT2D eigenvalue weighted by molar-refractivity contribution is 0.0602. The van der Waals surface area contributed by atoms with Crippen LogP contribution in [0.3, 0.4) is 0 Å². The van der Waals surface area contributed by atoms with Gasteiger partial charge in [0.05, 0.1) is 34.8 Å². The number of ether oxygens (including phenoxy) is 1. The van der Waals surface area contributed by atoms with Crippen LogP contribution in [0.5, 0.6) is 0 Å². The smallest absolute Gasteiger partial charge is 0.340 e. The van der Waals surface area contributed by atoms with Crippen molar-refractivity contribution in [2.45, 2.75) is 6.92 Å². The number of methoxy groups -OCH3 is 1. The van der Waals surface area contributed by atoms with Crippen molar-refractivity contribution >= 4 is 34.6 Å². The van der Waals surface area contributed by atoms with Crippen molar-refractivity contribution in [2.75, 3.05) is 18.2 Å². The van der Waals surface area contributed by atoms with E-state index in [1.165, 1.54) is 13.2 Å². The highest BCUT2D eigenvalue weighted by atomic mass is 35.5. The molecule has 20 heavy (non-hydrogen) atoms. The van der Waals surface area contributed by atoms with E-state index in [4.69, 9.17) is 22.1 Å². The molecule has 6 nitrogen and oxygen atoms in total. The summed E-state index contributed by atoms with van der Waals surface area (Å²) in [7, 11) is 3.11. The minimum atomic E-state index is -0.511. The molecule has 0 amide bonds. The van der Waals surface area contributed by atoms with Crippen LogP contribution in [0.1, 0.15) is 16.1 Å². The van der Waals surface area contributed by atoms with E-state index in [9.17, 15) is 4.79 Å². The number of nitrogens with two attached hydrogens (primary N) is 1. The van der Waals surface area contributed by atoms with Gasteiger partial charge in [-0.05, 0) is 19.1 Å². The summed E-state index contributed by atoms with van der Waals surface area (Å²) in [6, 6.07) is 3.09. The molecule has 106 valence electrons. The third-order valence-electron chi connectivity index (χ3n) is 2.79. The Kier molecular flexibility index (Phi) is 3.85. The van der Waals surface area contributed by atoms with Gasteiger partial charge in [0.15, 0.2) is 0 Å². The summed E-state index contributed by atoms with van der Waals surface area (Å²) in [6.45, 7) is 1.85. The molecule has 0 atom stereocenters. The van der Waals surface area contributed by atoms with Gasteiger partial charge in [0.2, 0.25) is 0 Å². The van der Waals surface area contributed by atoms with E-state index in [1.807, 2.05) is 14.0 Å². The quantitative estimate of drug-likeness (QED) is 0.671. The molecule has 7 heteroatoms. The number of halogens is 1. The summed E-state index contributed by atoms with van der Waals surface area (Å²) >= 11 is 6.17.